The van der Waals surface area contributed by atoms with Crippen molar-refractivity contribution < 1.29 is 9.53 Å². The molecule has 23 heavy (non-hydrogen) atoms. The minimum atomic E-state index is -0.0894. The van der Waals surface area contributed by atoms with E-state index in [0.717, 1.165) is 16.5 Å². The lowest BCUT2D eigenvalue weighted by atomic mass is 10.1. The number of ether oxygens (including phenoxy) is 1. The molecule has 3 rings (SSSR count). The Morgan fingerprint density at radius 3 is 2.57 bits per heavy atom. The number of benzene rings is 3. The molecule has 0 spiro atoms. The van der Waals surface area contributed by atoms with Crippen LogP contribution in [0.3, 0.4) is 0 Å². The summed E-state index contributed by atoms with van der Waals surface area (Å²) in [5, 5.41) is 5.60. The third-order valence-corrected chi connectivity index (χ3v) is 3.80. The van der Waals surface area contributed by atoms with Gasteiger partial charge >= 0.3 is 0 Å². The maximum atomic E-state index is 12.1. The minimum absolute atomic E-state index is 0.0894. The van der Waals surface area contributed by atoms with Gasteiger partial charge in [-0.05, 0) is 23.6 Å². The first-order chi connectivity index (χ1) is 11.2. The largest absolute Gasteiger partial charge is 0.491 e. The summed E-state index contributed by atoms with van der Waals surface area (Å²) in [5.74, 6) is 0.500. The Morgan fingerprint density at radius 2 is 1.70 bits per heavy atom. The number of carbonyl (C=O) groups excluding carboxylic acids is 1. The zero-order chi connectivity index (χ0) is 16.1. The van der Waals surface area contributed by atoms with Gasteiger partial charge in [-0.1, -0.05) is 60.1 Å². The Balaban J connectivity index is 1.60. The van der Waals surface area contributed by atoms with Gasteiger partial charge in [-0.15, -0.1) is 0 Å². The third kappa shape index (κ3) is 3.82. The predicted molar refractivity (Wildman–Crippen MR) is 94.1 cm³/mol. The van der Waals surface area contributed by atoms with Crippen LogP contribution < -0.4 is 10.1 Å². The number of amides is 1. The number of anilines is 1. The van der Waals surface area contributed by atoms with Crippen LogP contribution in [-0.2, 0) is 4.79 Å². The van der Waals surface area contributed by atoms with Gasteiger partial charge in [-0.3, -0.25) is 4.79 Å². The molecule has 0 atom stereocenters. The van der Waals surface area contributed by atoms with Crippen molar-refractivity contribution in [2.75, 3.05) is 11.9 Å². The van der Waals surface area contributed by atoms with Gasteiger partial charge in [0, 0.05) is 11.1 Å². The van der Waals surface area contributed by atoms with E-state index < -0.39 is 0 Å². The summed E-state index contributed by atoms with van der Waals surface area (Å²) >= 11 is 6.01. The minimum Gasteiger partial charge on any atom is -0.491 e. The second-order valence-electron chi connectivity index (χ2n) is 5.10. The summed E-state index contributed by atoms with van der Waals surface area (Å²) in [6.07, 6.45) is 0.258. The molecule has 116 valence electrons. The van der Waals surface area contributed by atoms with Crippen LogP contribution >= 0.6 is 11.6 Å². The maximum Gasteiger partial charge on any atom is 0.227 e. The highest BCUT2D eigenvalue weighted by Crippen LogP contribution is 2.24. The number of para-hydroxylation sites is 1. The molecule has 1 N–H and O–H groups in total. The van der Waals surface area contributed by atoms with E-state index >= 15 is 0 Å². The summed E-state index contributed by atoms with van der Waals surface area (Å²) in [5.41, 5.74) is 0.811. The molecule has 0 heterocycles. The molecule has 3 aromatic carbocycles. The van der Waals surface area contributed by atoms with Crippen LogP contribution in [-0.4, -0.2) is 12.5 Å². The second-order valence-corrected chi connectivity index (χ2v) is 5.51. The van der Waals surface area contributed by atoms with Crippen LogP contribution in [0, 0.1) is 0 Å². The van der Waals surface area contributed by atoms with Crippen LogP contribution in [0.4, 0.5) is 5.69 Å². The average Bonchev–Trinajstić information content (AvgIpc) is 2.57. The molecule has 3 nitrogen and oxygen atoms in total. The summed E-state index contributed by atoms with van der Waals surface area (Å²) in [6, 6.07) is 21.0. The fourth-order valence-electron chi connectivity index (χ4n) is 2.36. The lowest BCUT2D eigenvalue weighted by Crippen LogP contribution is -2.15. The molecule has 0 aliphatic carbocycles. The standard InChI is InChI=1S/C19H16ClNO2/c20-16-9-3-4-11-18(16)23-13-12-19(22)21-17-10-5-7-14-6-1-2-8-15(14)17/h1-11H,12-13H2,(H,21,22). The van der Waals surface area contributed by atoms with E-state index in [1.54, 1.807) is 12.1 Å². The molecule has 0 aliphatic heterocycles. The van der Waals surface area contributed by atoms with Gasteiger partial charge in [0.2, 0.25) is 5.91 Å². The molecular weight excluding hydrogens is 310 g/mol. The molecular formula is C19H16ClNO2. The smallest absolute Gasteiger partial charge is 0.227 e. The number of fused-ring (bicyclic) bond motifs is 1. The fourth-order valence-corrected chi connectivity index (χ4v) is 2.55. The maximum absolute atomic E-state index is 12.1. The predicted octanol–water partition coefficient (Wildman–Crippen LogP) is 4.90. The lowest BCUT2D eigenvalue weighted by Gasteiger charge is -2.10. The number of carbonyl (C=O) groups is 1. The van der Waals surface area contributed by atoms with Crippen molar-refractivity contribution in [3.63, 3.8) is 0 Å². The Hall–Kier alpha value is -2.52. The van der Waals surface area contributed by atoms with Crippen molar-refractivity contribution in [1.29, 1.82) is 0 Å². The highest BCUT2D eigenvalue weighted by Gasteiger charge is 2.07. The van der Waals surface area contributed by atoms with E-state index in [-0.39, 0.29) is 18.9 Å². The third-order valence-electron chi connectivity index (χ3n) is 3.49. The fraction of sp³-hybridized carbons (Fsp3) is 0.105. The topological polar surface area (TPSA) is 38.3 Å². The molecule has 0 fully saturated rings. The molecule has 0 unspecified atom stereocenters. The molecule has 3 aromatic rings. The van der Waals surface area contributed by atoms with Gasteiger partial charge in [0.15, 0.2) is 0 Å². The molecule has 1 amide bonds. The Bertz CT molecular complexity index is 827. The molecule has 0 radical (unpaired) electrons. The molecule has 0 saturated carbocycles. The highest BCUT2D eigenvalue weighted by atomic mass is 35.5. The molecule has 4 heteroatoms. The number of rotatable bonds is 5. The zero-order valence-electron chi connectivity index (χ0n) is 12.5. The zero-order valence-corrected chi connectivity index (χ0v) is 13.2. The molecule has 0 bridgehead atoms. The van der Waals surface area contributed by atoms with Gasteiger partial charge in [0.1, 0.15) is 5.75 Å². The van der Waals surface area contributed by atoms with E-state index in [1.165, 1.54) is 0 Å². The highest BCUT2D eigenvalue weighted by molar-refractivity contribution is 6.32. The Morgan fingerprint density at radius 1 is 0.957 bits per heavy atom. The van der Waals surface area contributed by atoms with Gasteiger partial charge in [-0.2, -0.15) is 0 Å². The Kier molecular flexibility index (Phi) is 4.79. The first kappa shape index (κ1) is 15.4. The second kappa shape index (κ2) is 7.16. The van der Waals surface area contributed by atoms with Crippen molar-refractivity contribution in [2.24, 2.45) is 0 Å². The molecule has 0 aliphatic rings. The number of hydrogen-bond donors (Lipinski definition) is 1. The monoisotopic (exact) mass is 325 g/mol. The average molecular weight is 326 g/mol. The van der Waals surface area contributed by atoms with E-state index in [0.29, 0.717) is 10.8 Å². The van der Waals surface area contributed by atoms with Crippen LogP contribution in [0.25, 0.3) is 10.8 Å². The lowest BCUT2D eigenvalue weighted by molar-refractivity contribution is -0.116. The van der Waals surface area contributed by atoms with Crippen molar-refractivity contribution >= 4 is 34.0 Å². The van der Waals surface area contributed by atoms with Gasteiger partial charge in [0.25, 0.3) is 0 Å². The first-order valence-electron chi connectivity index (χ1n) is 7.39. The van der Waals surface area contributed by atoms with Gasteiger partial charge in [-0.25, -0.2) is 0 Å². The normalized spacial score (nSPS) is 10.5. The molecule has 0 saturated heterocycles. The van der Waals surface area contributed by atoms with Crippen LogP contribution in [0.2, 0.25) is 5.02 Å². The van der Waals surface area contributed by atoms with Crippen molar-refractivity contribution in [3.05, 3.63) is 71.8 Å². The van der Waals surface area contributed by atoms with Crippen LogP contribution in [0.5, 0.6) is 5.75 Å². The summed E-state index contributed by atoms with van der Waals surface area (Å²) in [4.78, 5) is 12.1. The summed E-state index contributed by atoms with van der Waals surface area (Å²) in [7, 11) is 0. The van der Waals surface area contributed by atoms with E-state index in [2.05, 4.69) is 5.32 Å². The van der Waals surface area contributed by atoms with E-state index in [9.17, 15) is 4.79 Å². The van der Waals surface area contributed by atoms with E-state index in [1.807, 2.05) is 54.6 Å². The number of halogens is 1. The summed E-state index contributed by atoms with van der Waals surface area (Å²) in [6.45, 7) is 0.278. The summed E-state index contributed by atoms with van der Waals surface area (Å²) < 4.78 is 5.54. The first-order valence-corrected chi connectivity index (χ1v) is 7.77. The number of nitrogens with one attached hydrogen (secondary N) is 1. The quantitative estimate of drug-likeness (QED) is 0.724. The Labute approximate surface area is 139 Å². The van der Waals surface area contributed by atoms with E-state index in [4.69, 9.17) is 16.3 Å². The van der Waals surface area contributed by atoms with Crippen molar-refractivity contribution in [3.8, 4) is 5.75 Å². The van der Waals surface area contributed by atoms with Crippen molar-refractivity contribution in [1.82, 2.24) is 0 Å². The van der Waals surface area contributed by atoms with Crippen LogP contribution in [0.1, 0.15) is 6.42 Å². The van der Waals surface area contributed by atoms with Crippen LogP contribution in [0.15, 0.2) is 66.7 Å². The SMILES string of the molecule is O=C(CCOc1ccccc1Cl)Nc1cccc2ccccc12. The van der Waals surface area contributed by atoms with Gasteiger partial charge < -0.3 is 10.1 Å². The number of hydrogen-bond acceptors (Lipinski definition) is 2. The van der Waals surface area contributed by atoms with Gasteiger partial charge in [0.05, 0.1) is 18.1 Å². The van der Waals surface area contributed by atoms with Crippen molar-refractivity contribution in [2.45, 2.75) is 6.42 Å². The molecule has 0 aromatic heterocycles.